The minimum Gasteiger partial charge on any atom is -0.494 e. The number of rotatable bonds is 26. The number of anilines is 2. The Bertz CT molecular complexity index is 3360. The molecule has 2 unspecified atom stereocenters. The van der Waals surface area contributed by atoms with Gasteiger partial charge >= 0.3 is 5.97 Å². The van der Waals surface area contributed by atoms with Crippen LogP contribution in [0.4, 0.5) is 11.9 Å². The fraction of sp³-hybridized carbons (Fsp3) is 0.431. The summed E-state index contributed by atoms with van der Waals surface area (Å²) in [5.74, 6) is -3.34. The SMILES string of the molecule is CCn1nc(C)cc1C(=O)Nc1nc2cc(C(N)=O)cc(OC)c2n1C/C=C/Cn1c(NC(=O)c2cc(C)nn2CC)nc2cc(C(N)=O)cc(OCCCOC3CN(C(=O)CCN4C(=O)CC(SC[C@H](N)C(=O)O)C4O)C3)c21. The second-order valence-corrected chi connectivity index (χ2v) is 20.1. The topological polar surface area (TPSA) is 368 Å². The van der Waals surface area contributed by atoms with Crippen molar-refractivity contribution in [2.45, 2.75) is 96.8 Å². The van der Waals surface area contributed by atoms with E-state index in [1.807, 2.05) is 13.8 Å². The zero-order valence-electron chi connectivity index (χ0n) is 44.2. The van der Waals surface area contributed by atoms with E-state index >= 15 is 0 Å². The van der Waals surface area contributed by atoms with Gasteiger partial charge < -0.3 is 60.6 Å². The van der Waals surface area contributed by atoms with Gasteiger partial charge in [-0.15, -0.1) is 0 Å². The third-order valence-electron chi connectivity index (χ3n) is 13.3. The fourth-order valence-corrected chi connectivity index (χ4v) is 10.4. The minimum absolute atomic E-state index is 0.00716. The Morgan fingerprint density at radius 3 is 1.85 bits per heavy atom. The molecule has 10 N–H and O–H groups in total. The molecule has 2 fully saturated rings. The van der Waals surface area contributed by atoms with Crippen LogP contribution in [-0.2, 0) is 45.3 Å². The molecule has 28 heteroatoms. The molecule has 2 aromatic carbocycles. The van der Waals surface area contributed by atoms with Crippen molar-refractivity contribution in [1.29, 1.82) is 0 Å². The van der Waals surface area contributed by atoms with Gasteiger partial charge in [-0.1, -0.05) is 12.2 Å². The van der Waals surface area contributed by atoms with Gasteiger partial charge in [-0.3, -0.25) is 53.6 Å². The summed E-state index contributed by atoms with van der Waals surface area (Å²) in [4.78, 5) is 102. The van der Waals surface area contributed by atoms with Gasteiger partial charge in [0.1, 0.15) is 46.2 Å². The number of thioether (sulfide) groups is 1. The molecule has 6 aromatic rings. The largest absolute Gasteiger partial charge is 0.494 e. The molecule has 0 saturated carbocycles. The summed E-state index contributed by atoms with van der Waals surface area (Å²) < 4.78 is 24.6. The van der Waals surface area contributed by atoms with Gasteiger partial charge in [-0.25, -0.2) is 9.97 Å². The van der Waals surface area contributed by atoms with E-state index < -0.39 is 47.1 Å². The molecule has 2 aliphatic rings. The maximum absolute atomic E-state index is 13.9. The number of carbonyl (C=O) groups excluding carboxylic acids is 6. The molecule has 79 heavy (non-hydrogen) atoms. The van der Waals surface area contributed by atoms with Crippen molar-refractivity contribution >= 4 is 87.1 Å². The van der Waals surface area contributed by atoms with Crippen molar-refractivity contribution in [3.05, 3.63) is 82.5 Å². The number of nitrogens with two attached hydrogens (primary N) is 3. The number of likely N-dealkylation sites (tertiary alicyclic amines) is 2. The van der Waals surface area contributed by atoms with Crippen molar-refractivity contribution in [3.63, 3.8) is 0 Å². The molecule has 2 aliphatic heterocycles. The number of aliphatic hydroxyl groups excluding tert-OH is 1. The van der Waals surface area contributed by atoms with Gasteiger partial charge in [0.25, 0.3) is 11.8 Å². The molecule has 2 saturated heterocycles. The number of carboxylic acid groups (broad SMARTS) is 1. The number of aliphatic hydroxyl groups is 1. The van der Waals surface area contributed by atoms with E-state index in [2.05, 4.69) is 20.8 Å². The third kappa shape index (κ3) is 12.7. The quantitative estimate of drug-likeness (QED) is 0.0301. The number of fused-ring (bicyclic) bond motifs is 2. The van der Waals surface area contributed by atoms with Crippen molar-refractivity contribution in [3.8, 4) is 11.5 Å². The smallest absolute Gasteiger partial charge is 0.321 e. The lowest BCUT2D eigenvalue weighted by atomic mass is 10.1. The Morgan fingerprint density at radius 1 is 0.810 bits per heavy atom. The summed E-state index contributed by atoms with van der Waals surface area (Å²) in [5, 5.41) is 33.9. The maximum Gasteiger partial charge on any atom is 0.321 e. The van der Waals surface area contributed by atoms with E-state index in [1.54, 1.807) is 61.5 Å². The normalized spacial score (nSPS) is 16.0. The number of allylic oxidation sites excluding steroid dienone is 2. The highest BCUT2D eigenvalue weighted by Crippen LogP contribution is 2.34. The summed E-state index contributed by atoms with van der Waals surface area (Å²) in [6.07, 6.45) is 2.56. The van der Waals surface area contributed by atoms with Crippen LogP contribution in [0, 0.1) is 13.8 Å². The number of imidazole rings is 2. The molecule has 27 nitrogen and oxygen atoms in total. The number of benzene rings is 2. The highest BCUT2D eigenvalue weighted by atomic mass is 32.2. The van der Waals surface area contributed by atoms with Gasteiger partial charge in [0.15, 0.2) is 0 Å². The van der Waals surface area contributed by atoms with E-state index in [1.165, 1.54) is 36.3 Å². The average molecular weight is 1110 g/mol. The first kappa shape index (κ1) is 56.9. The molecule has 4 aromatic heterocycles. The lowest BCUT2D eigenvalue weighted by Gasteiger charge is -2.39. The molecule has 0 spiro atoms. The molecule has 420 valence electrons. The Balaban J connectivity index is 0.975. The van der Waals surface area contributed by atoms with Crippen molar-refractivity contribution < 1.29 is 58.0 Å². The van der Waals surface area contributed by atoms with Crippen LogP contribution in [0.2, 0.25) is 0 Å². The molecule has 8 rings (SSSR count). The number of carbonyl (C=O) groups is 7. The van der Waals surface area contributed by atoms with Gasteiger partial charge in [0, 0.05) is 82.0 Å². The molecule has 6 heterocycles. The number of primary amides is 2. The van der Waals surface area contributed by atoms with E-state index in [0.29, 0.717) is 71.9 Å². The highest BCUT2D eigenvalue weighted by molar-refractivity contribution is 8.00. The monoisotopic (exact) mass is 1110 g/mol. The van der Waals surface area contributed by atoms with Gasteiger partial charge in [0.2, 0.25) is 35.5 Å². The summed E-state index contributed by atoms with van der Waals surface area (Å²) in [7, 11) is 1.44. The summed E-state index contributed by atoms with van der Waals surface area (Å²) in [6.45, 7) is 9.34. The average Bonchev–Trinajstić information content (AvgIpc) is 4.40. The van der Waals surface area contributed by atoms with Gasteiger partial charge in [0.05, 0.1) is 54.1 Å². The first-order valence-corrected chi connectivity index (χ1v) is 26.5. The van der Waals surface area contributed by atoms with Crippen LogP contribution in [0.3, 0.4) is 0 Å². The number of amides is 6. The van der Waals surface area contributed by atoms with Crippen LogP contribution >= 0.6 is 11.8 Å². The van der Waals surface area contributed by atoms with Crippen LogP contribution < -0.4 is 37.3 Å². The van der Waals surface area contributed by atoms with E-state index in [-0.39, 0.29) is 109 Å². The Hall–Kier alpha value is -8.34. The van der Waals surface area contributed by atoms with Gasteiger partial charge in [-0.2, -0.15) is 22.0 Å². The molecular weight excluding hydrogens is 1050 g/mol. The van der Waals surface area contributed by atoms with Gasteiger partial charge in [-0.05, 0) is 64.1 Å². The first-order chi connectivity index (χ1) is 37.8. The van der Waals surface area contributed by atoms with E-state index in [0.717, 1.165) is 11.8 Å². The second kappa shape index (κ2) is 24.5. The van der Waals surface area contributed by atoms with Crippen LogP contribution in [0.25, 0.3) is 22.1 Å². The van der Waals surface area contributed by atoms with E-state index in [4.69, 9.17) is 46.5 Å². The number of aromatic nitrogens is 8. The van der Waals surface area contributed by atoms with Crippen LogP contribution in [0.1, 0.15) is 86.2 Å². The zero-order valence-corrected chi connectivity index (χ0v) is 45.0. The molecular formula is C51H63N15O12S. The number of nitrogens with one attached hydrogen (secondary N) is 2. The Kier molecular flexibility index (Phi) is 17.7. The zero-order chi connectivity index (χ0) is 56.8. The van der Waals surface area contributed by atoms with Crippen LogP contribution in [-0.4, -0.2) is 169 Å². The summed E-state index contributed by atoms with van der Waals surface area (Å²) in [6, 6.07) is 8.18. The van der Waals surface area contributed by atoms with Crippen molar-refractivity contribution in [1.82, 2.24) is 48.5 Å². The lowest BCUT2D eigenvalue weighted by Crippen LogP contribution is -2.55. The molecule has 6 amide bonds. The van der Waals surface area contributed by atoms with E-state index in [9.17, 15) is 38.7 Å². The first-order valence-electron chi connectivity index (χ1n) is 25.5. The van der Waals surface area contributed by atoms with Crippen molar-refractivity contribution in [2.75, 3.05) is 56.3 Å². The number of hydrogen-bond donors (Lipinski definition) is 7. The molecule has 0 radical (unpaired) electrons. The Morgan fingerprint density at radius 2 is 1.34 bits per heavy atom. The molecule has 0 bridgehead atoms. The number of aryl methyl sites for hydroxylation is 4. The number of ether oxygens (including phenoxy) is 3. The predicted molar refractivity (Wildman–Crippen MR) is 289 cm³/mol. The van der Waals surface area contributed by atoms with Crippen molar-refractivity contribution in [2.24, 2.45) is 17.2 Å². The number of hydrogen-bond acceptors (Lipinski definition) is 17. The standard InChI is InChI=1S/C51H63N15O12S/c1-6-65-35(17-27(3)59-65)46(71)57-50-55-33-19-29(44(53)69)21-37(76-5)42(33)63(50)12-8-9-13-64-43-34(56-51(64)58-47(72)36-18-28(4)60-66(36)7-2)20-30(45(54)70)22-38(43)78-16-10-15-77-31-24-61(25-31)40(67)11-14-62-41(68)23-39(48(62)73)79-26-32(52)49(74)75/h8-9,17-22,31-32,39,48,73H,6-7,10-16,23-26,52H2,1-5H3,(H2,53,69)(H2,54,70)(H,74,75)(H,55,57,71)(H,56,58,72)/b9-8+/t32-,39?,48?/m0/s1. The summed E-state index contributed by atoms with van der Waals surface area (Å²) in [5.41, 5.74) is 20.7. The van der Waals surface area contributed by atoms with Crippen LogP contribution in [0.15, 0.2) is 48.6 Å². The maximum atomic E-state index is 13.9. The summed E-state index contributed by atoms with van der Waals surface area (Å²) >= 11 is 1.11. The molecule has 0 aliphatic carbocycles. The highest BCUT2D eigenvalue weighted by Gasteiger charge is 2.40. The number of methoxy groups -OCH3 is 1. The van der Waals surface area contributed by atoms with Crippen LogP contribution in [0.5, 0.6) is 11.5 Å². The Labute approximate surface area is 456 Å². The number of nitrogens with zero attached hydrogens (tertiary/aromatic N) is 10. The third-order valence-corrected chi connectivity index (χ3v) is 14.7. The second-order valence-electron chi connectivity index (χ2n) is 18.8. The fourth-order valence-electron chi connectivity index (χ4n) is 9.24. The molecule has 3 atom stereocenters. The lowest BCUT2D eigenvalue weighted by molar-refractivity contribution is -0.146. The number of carboxylic acids is 1. The predicted octanol–water partition coefficient (Wildman–Crippen LogP) is 1.85. The number of aliphatic carboxylic acids is 1. The minimum atomic E-state index is -1.18.